The predicted octanol–water partition coefficient (Wildman–Crippen LogP) is 3.96. The number of carbonyl (C=O) groups is 1. The average molecular weight is 298 g/mol. The summed E-state index contributed by atoms with van der Waals surface area (Å²) < 4.78 is 5.23. The van der Waals surface area contributed by atoms with Crippen LogP contribution in [0.5, 0.6) is 0 Å². The number of hydrogen-bond donors (Lipinski definition) is 1. The summed E-state index contributed by atoms with van der Waals surface area (Å²) in [6.45, 7) is 5.75. The third-order valence-electron chi connectivity index (χ3n) is 3.04. The van der Waals surface area contributed by atoms with Gasteiger partial charge in [0.2, 0.25) is 0 Å². The molecule has 0 heterocycles. The summed E-state index contributed by atoms with van der Waals surface area (Å²) >= 11 is 0. The number of ether oxygens (including phenoxy) is 1. The minimum atomic E-state index is -0.550. The molecule has 22 heavy (non-hydrogen) atoms. The lowest BCUT2D eigenvalue weighted by Crippen LogP contribution is -2.40. The van der Waals surface area contributed by atoms with Crippen molar-refractivity contribution in [3.63, 3.8) is 0 Å². The van der Waals surface area contributed by atoms with Gasteiger partial charge >= 0.3 is 6.09 Å². The van der Waals surface area contributed by atoms with Crippen LogP contribution in [0.3, 0.4) is 0 Å². The Balaban J connectivity index is 2.01. The molecule has 0 saturated heterocycles. The Bertz CT molecular complexity index is 616. The van der Waals surface area contributed by atoms with Crippen molar-refractivity contribution in [1.82, 2.24) is 5.01 Å². The van der Waals surface area contributed by atoms with Gasteiger partial charge in [-0.05, 0) is 37.5 Å². The van der Waals surface area contributed by atoms with E-state index in [1.165, 1.54) is 0 Å². The molecule has 116 valence electrons. The van der Waals surface area contributed by atoms with Crippen molar-refractivity contribution in [3.05, 3.63) is 60.2 Å². The monoisotopic (exact) mass is 298 g/mol. The van der Waals surface area contributed by atoms with Crippen molar-refractivity contribution in [3.8, 4) is 11.1 Å². The Morgan fingerprint density at radius 1 is 1.00 bits per heavy atom. The van der Waals surface area contributed by atoms with E-state index >= 15 is 0 Å². The summed E-state index contributed by atoms with van der Waals surface area (Å²) in [7, 11) is 0. The van der Waals surface area contributed by atoms with Crippen LogP contribution in [0.25, 0.3) is 11.1 Å². The lowest BCUT2D eigenvalue weighted by atomic mass is 10.0. The van der Waals surface area contributed by atoms with Crippen LogP contribution in [0.15, 0.2) is 54.6 Å². The second kappa shape index (κ2) is 6.62. The number of hydrogen-bond acceptors (Lipinski definition) is 3. The van der Waals surface area contributed by atoms with Crippen LogP contribution >= 0.6 is 0 Å². The summed E-state index contributed by atoms with van der Waals surface area (Å²) in [5, 5.41) is 1.09. The topological polar surface area (TPSA) is 55.6 Å². The minimum absolute atomic E-state index is 0.310. The third kappa shape index (κ3) is 4.60. The quantitative estimate of drug-likeness (QED) is 0.530. The van der Waals surface area contributed by atoms with E-state index < -0.39 is 11.7 Å². The zero-order valence-corrected chi connectivity index (χ0v) is 13.2. The molecule has 0 spiro atoms. The van der Waals surface area contributed by atoms with E-state index in [0.717, 1.165) is 21.7 Å². The molecule has 4 heteroatoms. The molecule has 2 aromatic carbocycles. The lowest BCUT2D eigenvalue weighted by Gasteiger charge is -2.24. The highest BCUT2D eigenvalue weighted by Gasteiger charge is 2.20. The molecule has 0 aliphatic rings. The second-order valence-corrected chi connectivity index (χ2v) is 6.17. The van der Waals surface area contributed by atoms with E-state index in [0.29, 0.717) is 6.54 Å². The van der Waals surface area contributed by atoms with Crippen LogP contribution in [-0.2, 0) is 11.3 Å². The van der Waals surface area contributed by atoms with Crippen molar-refractivity contribution in [2.75, 3.05) is 0 Å². The Hall–Kier alpha value is -2.33. The maximum absolute atomic E-state index is 11.8. The molecule has 0 aliphatic heterocycles. The van der Waals surface area contributed by atoms with Gasteiger partial charge in [0, 0.05) is 0 Å². The Morgan fingerprint density at radius 3 is 2.09 bits per heavy atom. The molecule has 0 radical (unpaired) electrons. The van der Waals surface area contributed by atoms with Crippen LogP contribution in [0.4, 0.5) is 4.79 Å². The predicted molar refractivity (Wildman–Crippen MR) is 87.8 cm³/mol. The molecule has 0 saturated carbocycles. The fraction of sp³-hybridized carbons (Fsp3) is 0.278. The van der Waals surface area contributed by atoms with Gasteiger partial charge in [-0.2, -0.15) is 0 Å². The zero-order valence-electron chi connectivity index (χ0n) is 13.2. The van der Waals surface area contributed by atoms with Crippen molar-refractivity contribution >= 4 is 6.09 Å². The first-order valence-electron chi connectivity index (χ1n) is 7.25. The second-order valence-electron chi connectivity index (χ2n) is 6.17. The molecule has 0 fully saturated rings. The van der Waals surface area contributed by atoms with Crippen molar-refractivity contribution in [1.29, 1.82) is 0 Å². The summed E-state index contributed by atoms with van der Waals surface area (Å²) in [5.41, 5.74) is 2.69. The first-order chi connectivity index (χ1) is 10.3. The van der Waals surface area contributed by atoms with E-state index in [9.17, 15) is 4.79 Å². The molecule has 1 amide bonds. The molecular weight excluding hydrogens is 276 g/mol. The fourth-order valence-electron chi connectivity index (χ4n) is 2.02. The average Bonchev–Trinajstić information content (AvgIpc) is 2.47. The van der Waals surface area contributed by atoms with Crippen LogP contribution < -0.4 is 5.84 Å². The molecule has 0 unspecified atom stereocenters. The largest absolute Gasteiger partial charge is 0.443 e. The molecule has 4 nitrogen and oxygen atoms in total. The standard InChI is InChI=1S/C18H22N2O2/c1-18(2,3)22-17(21)20(19)13-14-9-11-16(12-10-14)15-7-5-4-6-8-15/h4-12H,13,19H2,1-3H3. The normalized spacial score (nSPS) is 11.1. The fourth-order valence-corrected chi connectivity index (χ4v) is 2.02. The number of hydrazine groups is 1. The highest BCUT2D eigenvalue weighted by atomic mass is 16.6. The molecule has 2 rings (SSSR count). The van der Waals surface area contributed by atoms with E-state index in [1.54, 1.807) is 0 Å². The number of rotatable bonds is 3. The maximum atomic E-state index is 11.8. The summed E-state index contributed by atoms with van der Waals surface area (Å²) in [6.07, 6.45) is -0.528. The molecule has 0 atom stereocenters. The van der Waals surface area contributed by atoms with Crippen LogP contribution in [-0.4, -0.2) is 16.7 Å². The van der Waals surface area contributed by atoms with Gasteiger partial charge in [0.05, 0.1) is 6.54 Å². The highest BCUT2D eigenvalue weighted by molar-refractivity contribution is 5.67. The summed E-state index contributed by atoms with van der Waals surface area (Å²) in [6, 6.07) is 18.1. The van der Waals surface area contributed by atoms with Gasteiger partial charge in [-0.3, -0.25) is 0 Å². The van der Waals surface area contributed by atoms with Gasteiger partial charge in [-0.1, -0.05) is 54.6 Å². The zero-order chi connectivity index (χ0) is 16.2. The smallest absolute Gasteiger partial charge is 0.424 e. The summed E-state index contributed by atoms with van der Waals surface area (Å²) in [4.78, 5) is 11.8. The van der Waals surface area contributed by atoms with Gasteiger partial charge in [0.25, 0.3) is 0 Å². The van der Waals surface area contributed by atoms with Crippen molar-refractivity contribution in [2.24, 2.45) is 5.84 Å². The Morgan fingerprint density at radius 2 is 1.55 bits per heavy atom. The first-order valence-corrected chi connectivity index (χ1v) is 7.25. The summed E-state index contributed by atoms with van der Waals surface area (Å²) in [5.74, 6) is 5.76. The van der Waals surface area contributed by atoms with Crippen LogP contribution in [0.2, 0.25) is 0 Å². The SMILES string of the molecule is CC(C)(C)OC(=O)N(N)Cc1ccc(-c2ccccc2)cc1. The minimum Gasteiger partial charge on any atom is -0.443 e. The molecule has 2 aromatic rings. The van der Waals surface area contributed by atoms with E-state index in [2.05, 4.69) is 12.1 Å². The molecule has 0 bridgehead atoms. The lowest BCUT2D eigenvalue weighted by molar-refractivity contribution is 0.0231. The number of amides is 1. The number of benzene rings is 2. The van der Waals surface area contributed by atoms with Gasteiger partial charge in [-0.25, -0.2) is 15.6 Å². The van der Waals surface area contributed by atoms with Crippen LogP contribution in [0.1, 0.15) is 26.3 Å². The number of nitrogens with two attached hydrogens (primary N) is 1. The first kappa shape index (κ1) is 16.0. The van der Waals surface area contributed by atoms with Gasteiger partial charge < -0.3 is 4.74 Å². The number of nitrogens with zero attached hydrogens (tertiary/aromatic N) is 1. The Labute approximate surface area is 131 Å². The van der Waals surface area contributed by atoms with E-state index in [1.807, 2.05) is 63.2 Å². The highest BCUT2D eigenvalue weighted by Crippen LogP contribution is 2.19. The molecular formula is C18H22N2O2. The molecule has 0 aliphatic carbocycles. The van der Waals surface area contributed by atoms with Crippen molar-refractivity contribution < 1.29 is 9.53 Å². The number of carbonyl (C=O) groups excluding carboxylic acids is 1. The molecule has 0 aromatic heterocycles. The van der Waals surface area contributed by atoms with Gasteiger partial charge in [0.1, 0.15) is 5.60 Å². The maximum Gasteiger partial charge on any atom is 0.424 e. The Kier molecular flexibility index (Phi) is 4.83. The van der Waals surface area contributed by atoms with E-state index in [4.69, 9.17) is 10.6 Å². The van der Waals surface area contributed by atoms with Crippen LogP contribution in [0, 0.1) is 0 Å². The van der Waals surface area contributed by atoms with Gasteiger partial charge in [-0.15, -0.1) is 0 Å². The van der Waals surface area contributed by atoms with E-state index in [-0.39, 0.29) is 0 Å². The third-order valence-corrected chi connectivity index (χ3v) is 3.04. The molecule has 2 N–H and O–H groups in total. The van der Waals surface area contributed by atoms with Crippen molar-refractivity contribution in [2.45, 2.75) is 32.9 Å². The van der Waals surface area contributed by atoms with Gasteiger partial charge in [0.15, 0.2) is 0 Å².